The van der Waals surface area contributed by atoms with Gasteiger partial charge in [0.15, 0.2) is 0 Å². The molecule has 0 fully saturated rings. The molecule has 1 aromatic carbocycles. The van der Waals surface area contributed by atoms with Gasteiger partial charge in [0.05, 0.1) is 7.11 Å². The van der Waals surface area contributed by atoms with Crippen LogP contribution in [0.4, 0.5) is 5.95 Å². The minimum atomic E-state index is 0.0980. The average molecular weight is 299 g/mol. The Hall–Kier alpha value is -1.59. The molecule has 1 aromatic heterocycles. The van der Waals surface area contributed by atoms with Gasteiger partial charge >= 0.3 is 6.01 Å². The third-order valence-corrected chi connectivity index (χ3v) is 2.80. The molecule has 0 amide bonds. The molecule has 0 unspecified atom stereocenters. The summed E-state index contributed by atoms with van der Waals surface area (Å²) in [7, 11) is 1.48. The molecule has 0 atom stereocenters. The zero-order valence-corrected chi connectivity index (χ0v) is 11.7. The van der Waals surface area contributed by atoms with Crippen LogP contribution in [-0.4, -0.2) is 28.6 Å². The molecule has 1 heterocycles. The lowest BCUT2D eigenvalue weighted by atomic mass is 10.1. The lowest BCUT2D eigenvalue weighted by Crippen LogP contribution is -2.09. The molecule has 19 heavy (non-hydrogen) atoms. The molecule has 0 aliphatic carbocycles. The minimum absolute atomic E-state index is 0.0980. The van der Waals surface area contributed by atoms with E-state index in [1.807, 2.05) is 24.3 Å². The van der Waals surface area contributed by atoms with E-state index >= 15 is 0 Å². The third-order valence-electron chi connectivity index (χ3n) is 2.38. The normalized spacial score (nSPS) is 10.3. The molecule has 0 aliphatic heterocycles. The molecule has 1 N–H and O–H groups in total. The molecule has 0 radical (unpaired) electrons. The molecule has 100 valence electrons. The van der Waals surface area contributed by atoms with Crippen molar-refractivity contribution in [1.82, 2.24) is 15.0 Å². The summed E-state index contributed by atoms with van der Waals surface area (Å²) in [6, 6.07) is 7.86. The second-order valence-electron chi connectivity index (χ2n) is 3.72. The predicted octanol–water partition coefficient (Wildman–Crippen LogP) is 2.84. The van der Waals surface area contributed by atoms with Gasteiger partial charge in [-0.05, 0) is 35.7 Å². The quantitative estimate of drug-likeness (QED) is 0.920. The van der Waals surface area contributed by atoms with Crippen molar-refractivity contribution in [3.63, 3.8) is 0 Å². The number of aromatic nitrogens is 3. The first-order valence-electron chi connectivity index (χ1n) is 5.61. The zero-order chi connectivity index (χ0) is 13.7. The van der Waals surface area contributed by atoms with Crippen molar-refractivity contribution >= 4 is 29.2 Å². The van der Waals surface area contributed by atoms with E-state index in [0.29, 0.717) is 12.5 Å². The molecule has 0 aliphatic rings. The number of rotatable bonds is 5. The van der Waals surface area contributed by atoms with Gasteiger partial charge in [-0.15, -0.1) is 0 Å². The molecule has 7 heteroatoms. The van der Waals surface area contributed by atoms with Crippen molar-refractivity contribution in [2.24, 2.45) is 0 Å². The van der Waals surface area contributed by atoms with Crippen LogP contribution in [0.25, 0.3) is 0 Å². The topological polar surface area (TPSA) is 59.9 Å². The summed E-state index contributed by atoms with van der Waals surface area (Å²) in [5, 5.41) is 3.89. The Morgan fingerprint density at radius 1 is 1.11 bits per heavy atom. The monoisotopic (exact) mass is 298 g/mol. The summed E-state index contributed by atoms with van der Waals surface area (Å²) < 4.78 is 4.91. The van der Waals surface area contributed by atoms with E-state index in [1.54, 1.807) is 0 Å². The van der Waals surface area contributed by atoms with Gasteiger partial charge in [0, 0.05) is 11.6 Å². The second kappa shape index (κ2) is 6.54. The van der Waals surface area contributed by atoms with Crippen LogP contribution in [0, 0.1) is 0 Å². The molecular formula is C12H12Cl2N4O. The molecule has 2 aromatic rings. The Kier molecular flexibility index (Phi) is 4.76. The molecular weight excluding hydrogens is 287 g/mol. The first kappa shape index (κ1) is 13.8. The van der Waals surface area contributed by atoms with Gasteiger partial charge in [0.1, 0.15) is 0 Å². The summed E-state index contributed by atoms with van der Waals surface area (Å²) in [6.45, 7) is 0.672. The maximum Gasteiger partial charge on any atom is 0.322 e. The highest BCUT2D eigenvalue weighted by atomic mass is 35.5. The van der Waals surface area contributed by atoms with Crippen LogP contribution in [0.3, 0.4) is 0 Å². The van der Waals surface area contributed by atoms with E-state index in [9.17, 15) is 0 Å². The number of hydrogen-bond donors (Lipinski definition) is 1. The summed E-state index contributed by atoms with van der Waals surface area (Å²) in [4.78, 5) is 11.8. The lowest BCUT2D eigenvalue weighted by molar-refractivity contribution is 0.379. The van der Waals surface area contributed by atoms with Crippen molar-refractivity contribution in [3.8, 4) is 6.01 Å². The smallest absolute Gasteiger partial charge is 0.322 e. The molecule has 0 bridgehead atoms. The summed E-state index contributed by atoms with van der Waals surface area (Å²) in [6.07, 6.45) is 0.822. The summed E-state index contributed by atoms with van der Waals surface area (Å²) in [5.74, 6) is 0.394. The molecule has 0 saturated heterocycles. The van der Waals surface area contributed by atoms with Gasteiger partial charge in [-0.2, -0.15) is 15.0 Å². The van der Waals surface area contributed by atoms with Gasteiger partial charge < -0.3 is 10.1 Å². The Morgan fingerprint density at radius 2 is 1.84 bits per heavy atom. The van der Waals surface area contributed by atoms with E-state index < -0.39 is 0 Å². The maximum atomic E-state index is 5.82. The Labute approximate surface area is 121 Å². The van der Waals surface area contributed by atoms with Gasteiger partial charge in [-0.25, -0.2) is 0 Å². The highest BCUT2D eigenvalue weighted by Crippen LogP contribution is 2.12. The van der Waals surface area contributed by atoms with Crippen LogP contribution in [0.15, 0.2) is 24.3 Å². The van der Waals surface area contributed by atoms with E-state index in [-0.39, 0.29) is 11.3 Å². The third kappa shape index (κ3) is 4.22. The molecule has 5 nitrogen and oxygen atoms in total. The fourth-order valence-corrected chi connectivity index (χ4v) is 1.75. The fraction of sp³-hybridized carbons (Fsp3) is 0.250. The van der Waals surface area contributed by atoms with Crippen LogP contribution in [-0.2, 0) is 6.42 Å². The predicted molar refractivity (Wildman–Crippen MR) is 75.0 cm³/mol. The summed E-state index contributed by atoms with van der Waals surface area (Å²) >= 11 is 11.6. The Bertz CT molecular complexity index is 548. The minimum Gasteiger partial charge on any atom is -0.467 e. The van der Waals surface area contributed by atoms with Crippen molar-refractivity contribution in [1.29, 1.82) is 0 Å². The number of benzene rings is 1. The second-order valence-corrected chi connectivity index (χ2v) is 4.49. The van der Waals surface area contributed by atoms with Crippen LogP contribution in [0.5, 0.6) is 6.01 Å². The number of nitrogens with one attached hydrogen (secondary N) is 1. The Morgan fingerprint density at radius 3 is 2.53 bits per heavy atom. The zero-order valence-electron chi connectivity index (χ0n) is 10.2. The maximum absolute atomic E-state index is 5.82. The van der Waals surface area contributed by atoms with Gasteiger partial charge in [-0.3, -0.25) is 0 Å². The number of anilines is 1. The average Bonchev–Trinajstić information content (AvgIpc) is 2.40. The van der Waals surface area contributed by atoms with Gasteiger partial charge in [0.25, 0.3) is 0 Å². The lowest BCUT2D eigenvalue weighted by Gasteiger charge is -2.06. The number of ether oxygens (including phenoxy) is 1. The first-order chi connectivity index (χ1) is 9.17. The standard InChI is InChI=1S/C12H12Cl2N4O/c1-19-12-17-10(14)16-11(18-12)15-7-6-8-2-4-9(13)5-3-8/h2-5H,6-7H2,1H3,(H,15,16,17,18). The van der Waals surface area contributed by atoms with Crippen LogP contribution < -0.4 is 10.1 Å². The van der Waals surface area contributed by atoms with E-state index in [1.165, 1.54) is 12.7 Å². The van der Waals surface area contributed by atoms with Gasteiger partial charge in [-0.1, -0.05) is 23.7 Å². The van der Waals surface area contributed by atoms with Crippen molar-refractivity contribution in [2.45, 2.75) is 6.42 Å². The molecule has 2 rings (SSSR count). The molecule has 0 saturated carbocycles. The van der Waals surface area contributed by atoms with Crippen LogP contribution in [0.1, 0.15) is 5.56 Å². The number of nitrogens with zero attached hydrogens (tertiary/aromatic N) is 3. The van der Waals surface area contributed by atoms with Crippen molar-refractivity contribution in [3.05, 3.63) is 40.1 Å². The summed E-state index contributed by atoms with van der Waals surface area (Å²) in [5.41, 5.74) is 1.17. The SMILES string of the molecule is COc1nc(Cl)nc(NCCc2ccc(Cl)cc2)n1. The fourth-order valence-electron chi connectivity index (χ4n) is 1.47. The Balaban J connectivity index is 1.92. The van der Waals surface area contributed by atoms with E-state index in [0.717, 1.165) is 11.4 Å². The largest absolute Gasteiger partial charge is 0.467 e. The van der Waals surface area contributed by atoms with Crippen molar-refractivity contribution in [2.75, 3.05) is 19.0 Å². The number of halogens is 2. The highest BCUT2D eigenvalue weighted by molar-refractivity contribution is 6.30. The first-order valence-corrected chi connectivity index (χ1v) is 6.37. The van der Waals surface area contributed by atoms with E-state index in [4.69, 9.17) is 27.9 Å². The van der Waals surface area contributed by atoms with Crippen LogP contribution in [0.2, 0.25) is 10.3 Å². The number of hydrogen-bond acceptors (Lipinski definition) is 5. The van der Waals surface area contributed by atoms with Crippen LogP contribution >= 0.6 is 23.2 Å². The number of methoxy groups -OCH3 is 1. The molecule has 0 spiro atoms. The van der Waals surface area contributed by atoms with E-state index in [2.05, 4.69) is 20.3 Å². The van der Waals surface area contributed by atoms with Crippen molar-refractivity contribution < 1.29 is 4.74 Å². The highest BCUT2D eigenvalue weighted by Gasteiger charge is 2.04. The van der Waals surface area contributed by atoms with Gasteiger partial charge in [0.2, 0.25) is 11.2 Å².